The maximum absolute atomic E-state index is 13.8. The molecule has 1 atom stereocenters. The maximum Gasteiger partial charge on any atom is 0.264 e. The van der Waals surface area contributed by atoms with Crippen LogP contribution in [-0.4, -0.2) is 43.8 Å². The fourth-order valence-electron chi connectivity index (χ4n) is 3.68. The molecule has 0 heterocycles. The Labute approximate surface area is 235 Å². The molecular weight excluding hydrogens is 622 g/mol. The summed E-state index contributed by atoms with van der Waals surface area (Å²) in [7, 11) is -4.08. The molecule has 37 heavy (non-hydrogen) atoms. The lowest BCUT2D eigenvalue weighted by molar-refractivity contribution is -0.139. The SMILES string of the molecule is CC(C)NC(=O)[C@@H](C)N(Cc1cccc(Br)c1)C(=O)CN(c1ccc(Br)cc1)S(=O)(=O)c1ccccc1. The predicted molar refractivity (Wildman–Crippen MR) is 153 cm³/mol. The predicted octanol–water partition coefficient (Wildman–Crippen LogP) is 5.35. The molecule has 0 fully saturated rings. The lowest BCUT2D eigenvalue weighted by Crippen LogP contribution is -2.52. The maximum atomic E-state index is 13.8. The third-order valence-corrected chi connectivity index (χ3v) is 8.37. The zero-order valence-corrected chi connectivity index (χ0v) is 24.8. The summed E-state index contributed by atoms with van der Waals surface area (Å²) in [6.45, 7) is 4.97. The van der Waals surface area contributed by atoms with Crippen molar-refractivity contribution in [2.75, 3.05) is 10.8 Å². The van der Waals surface area contributed by atoms with Gasteiger partial charge >= 0.3 is 0 Å². The zero-order chi connectivity index (χ0) is 27.2. The van der Waals surface area contributed by atoms with E-state index in [4.69, 9.17) is 0 Å². The monoisotopic (exact) mass is 649 g/mol. The first-order valence-corrected chi connectivity index (χ1v) is 14.7. The topological polar surface area (TPSA) is 86.8 Å². The van der Waals surface area contributed by atoms with Gasteiger partial charge in [0.15, 0.2) is 0 Å². The van der Waals surface area contributed by atoms with Gasteiger partial charge in [-0.1, -0.05) is 62.2 Å². The van der Waals surface area contributed by atoms with Crippen LogP contribution >= 0.6 is 31.9 Å². The molecule has 2 amide bonds. The number of benzene rings is 3. The quantitative estimate of drug-likeness (QED) is 0.321. The van der Waals surface area contributed by atoms with Gasteiger partial charge in [0.05, 0.1) is 10.6 Å². The highest BCUT2D eigenvalue weighted by Crippen LogP contribution is 2.26. The van der Waals surface area contributed by atoms with Gasteiger partial charge in [-0.3, -0.25) is 13.9 Å². The summed E-state index contributed by atoms with van der Waals surface area (Å²) in [4.78, 5) is 28.2. The van der Waals surface area contributed by atoms with Crippen molar-refractivity contribution in [2.45, 2.75) is 44.3 Å². The number of carbonyl (C=O) groups excluding carboxylic acids is 2. The van der Waals surface area contributed by atoms with E-state index in [1.54, 1.807) is 49.4 Å². The molecule has 0 aliphatic rings. The summed E-state index contributed by atoms with van der Waals surface area (Å²) in [6.07, 6.45) is 0. The molecule has 10 heteroatoms. The minimum atomic E-state index is -4.08. The number of rotatable bonds is 10. The highest BCUT2D eigenvalue weighted by atomic mass is 79.9. The Balaban J connectivity index is 2.01. The molecule has 0 radical (unpaired) electrons. The number of hydrogen-bond acceptors (Lipinski definition) is 4. The molecule has 3 aromatic rings. The van der Waals surface area contributed by atoms with Crippen LogP contribution in [0.25, 0.3) is 0 Å². The zero-order valence-electron chi connectivity index (χ0n) is 20.8. The molecular formula is C27H29Br2N3O4S. The van der Waals surface area contributed by atoms with Crippen molar-refractivity contribution in [2.24, 2.45) is 0 Å². The highest BCUT2D eigenvalue weighted by Gasteiger charge is 2.32. The molecule has 0 bridgehead atoms. The van der Waals surface area contributed by atoms with Gasteiger partial charge in [-0.25, -0.2) is 8.42 Å². The van der Waals surface area contributed by atoms with Crippen molar-refractivity contribution in [3.8, 4) is 0 Å². The van der Waals surface area contributed by atoms with Gasteiger partial charge in [0.25, 0.3) is 10.0 Å². The second-order valence-electron chi connectivity index (χ2n) is 8.79. The summed E-state index contributed by atoms with van der Waals surface area (Å²) < 4.78 is 30.1. The van der Waals surface area contributed by atoms with Crippen molar-refractivity contribution in [1.29, 1.82) is 0 Å². The van der Waals surface area contributed by atoms with E-state index in [0.717, 1.165) is 18.8 Å². The summed E-state index contributed by atoms with van der Waals surface area (Å²) >= 11 is 6.81. The summed E-state index contributed by atoms with van der Waals surface area (Å²) in [5, 5.41) is 2.84. The number of anilines is 1. The molecule has 196 valence electrons. The minimum absolute atomic E-state index is 0.0647. The molecule has 3 aromatic carbocycles. The van der Waals surface area contributed by atoms with Crippen LogP contribution in [0.4, 0.5) is 5.69 Å². The van der Waals surface area contributed by atoms with Crippen LogP contribution in [0.1, 0.15) is 26.3 Å². The van der Waals surface area contributed by atoms with Gasteiger partial charge < -0.3 is 10.2 Å². The summed E-state index contributed by atoms with van der Waals surface area (Å²) in [5.41, 5.74) is 1.13. The van der Waals surface area contributed by atoms with E-state index in [9.17, 15) is 18.0 Å². The number of nitrogens with zero attached hydrogens (tertiary/aromatic N) is 2. The third-order valence-electron chi connectivity index (χ3n) is 5.56. The van der Waals surface area contributed by atoms with Crippen molar-refractivity contribution in [1.82, 2.24) is 10.2 Å². The minimum Gasteiger partial charge on any atom is -0.352 e. The van der Waals surface area contributed by atoms with Gasteiger partial charge in [-0.2, -0.15) is 0 Å². The molecule has 0 unspecified atom stereocenters. The van der Waals surface area contributed by atoms with Crippen LogP contribution < -0.4 is 9.62 Å². The molecule has 0 saturated carbocycles. The van der Waals surface area contributed by atoms with E-state index in [0.29, 0.717) is 5.69 Å². The van der Waals surface area contributed by atoms with Gasteiger partial charge in [-0.05, 0) is 74.9 Å². The average molecular weight is 651 g/mol. The molecule has 0 aliphatic heterocycles. The van der Waals surface area contributed by atoms with Crippen LogP contribution in [0.3, 0.4) is 0 Å². The van der Waals surface area contributed by atoms with Crippen molar-refractivity contribution in [3.63, 3.8) is 0 Å². The largest absolute Gasteiger partial charge is 0.352 e. The van der Waals surface area contributed by atoms with E-state index in [2.05, 4.69) is 37.2 Å². The number of hydrogen-bond donors (Lipinski definition) is 1. The average Bonchev–Trinajstić information content (AvgIpc) is 2.86. The third kappa shape index (κ3) is 7.66. The molecule has 0 saturated heterocycles. The first-order chi connectivity index (χ1) is 17.5. The molecule has 3 rings (SSSR count). The Bertz CT molecular complexity index is 1330. The lowest BCUT2D eigenvalue weighted by atomic mass is 10.1. The van der Waals surface area contributed by atoms with Crippen LogP contribution in [0.15, 0.2) is 92.7 Å². The van der Waals surface area contributed by atoms with Gasteiger partial charge in [-0.15, -0.1) is 0 Å². The standard InChI is InChI=1S/C27H29Br2N3O4S/c1-19(2)30-27(34)20(3)31(17-21-8-7-9-23(29)16-21)26(33)18-32(24-14-12-22(28)13-15-24)37(35,36)25-10-5-4-6-11-25/h4-16,19-20H,17-18H2,1-3H3,(H,30,34)/t20-/m1/s1. The fourth-order valence-corrected chi connectivity index (χ4v) is 5.82. The number of amides is 2. The number of halogens is 2. The highest BCUT2D eigenvalue weighted by molar-refractivity contribution is 9.10. The Morgan fingerprint density at radius 3 is 2.11 bits per heavy atom. The van der Waals surface area contributed by atoms with Crippen molar-refractivity contribution >= 4 is 59.4 Å². The molecule has 1 N–H and O–H groups in total. The van der Waals surface area contributed by atoms with Gasteiger partial charge in [0, 0.05) is 21.5 Å². The first kappa shape index (κ1) is 28.9. The Hall–Kier alpha value is -2.69. The lowest BCUT2D eigenvalue weighted by Gasteiger charge is -2.32. The number of carbonyl (C=O) groups is 2. The number of nitrogens with one attached hydrogen (secondary N) is 1. The molecule has 0 aromatic heterocycles. The van der Waals surface area contributed by atoms with Gasteiger partial charge in [0.1, 0.15) is 12.6 Å². The molecule has 0 aliphatic carbocycles. The molecule has 0 spiro atoms. The van der Waals surface area contributed by atoms with E-state index < -0.39 is 28.5 Å². The first-order valence-electron chi connectivity index (χ1n) is 11.7. The molecule has 7 nitrogen and oxygen atoms in total. The Morgan fingerprint density at radius 2 is 1.51 bits per heavy atom. The van der Waals surface area contributed by atoms with Crippen LogP contribution in [0, 0.1) is 0 Å². The normalized spacial score (nSPS) is 12.2. The van der Waals surface area contributed by atoms with Crippen LogP contribution in [0.2, 0.25) is 0 Å². The Kier molecular flexibility index (Phi) is 9.92. The second-order valence-corrected chi connectivity index (χ2v) is 12.5. The van der Waals surface area contributed by atoms with Crippen molar-refractivity contribution < 1.29 is 18.0 Å². The number of sulfonamides is 1. The van der Waals surface area contributed by atoms with E-state index >= 15 is 0 Å². The second kappa shape index (κ2) is 12.7. The van der Waals surface area contributed by atoms with E-state index in [1.807, 2.05) is 38.1 Å². The summed E-state index contributed by atoms with van der Waals surface area (Å²) in [6, 6.07) is 21.1. The Morgan fingerprint density at radius 1 is 0.865 bits per heavy atom. The smallest absolute Gasteiger partial charge is 0.264 e. The van der Waals surface area contributed by atoms with Gasteiger partial charge in [0.2, 0.25) is 11.8 Å². The van der Waals surface area contributed by atoms with Crippen LogP contribution in [0.5, 0.6) is 0 Å². The van der Waals surface area contributed by atoms with E-state index in [1.165, 1.54) is 17.0 Å². The summed E-state index contributed by atoms with van der Waals surface area (Å²) in [5.74, 6) is -0.826. The fraction of sp³-hybridized carbons (Fsp3) is 0.259. The van der Waals surface area contributed by atoms with E-state index in [-0.39, 0.29) is 23.4 Å². The van der Waals surface area contributed by atoms with Crippen molar-refractivity contribution in [3.05, 3.63) is 93.4 Å². The van der Waals surface area contributed by atoms with Crippen LogP contribution in [-0.2, 0) is 26.2 Å².